The maximum Gasteiger partial charge on any atom is 0.292 e. The highest BCUT2D eigenvalue weighted by Gasteiger charge is 2.40. The van der Waals surface area contributed by atoms with Crippen molar-refractivity contribution in [1.29, 1.82) is 0 Å². The van der Waals surface area contributed by atoms with Gasteiger partial charge >= 0.3 is 0 Å². The largest absolute Gasteiger partial charge is 0.395 e. The number of aliphatic hydroxyl groups is 4. The molecule has 0 amide bonds. The molecule has 2 saturated heterocycles. The number of benzene rings is 2. The number of nitrogens with one attached hydrogen (secondary N) is 1. The summed E-state index contributed by atoms with van der Waals surface area (Å²) in [6, 6.07) is 12.0. The number of nitro benzene ring substituents is 1. The fourth-order valence-electron chi connectivity index (χ4n) is 4.63. The average Bonchev–Trinajstić information content (AvgIpc) is 3.35. The molecule has 2 heterocycles. The van der Waals surface area contributed by atoms with Crippen molar-refractivity contribution >= 4 is 11.4 Å². The Kier molecular flexibility index (Phi) is 8.29. The monoisotopic (exact) mass is 488 g/mol. The molecule has 2 aromatic carbocycles. The van der Waals surface area contributed by atoms with Crippen LogP contribution in [0.1, 0.15) is 23.1 Å². The van der Waals surface area contributed by atoms with Crippen molar-refractivity contribution in [2.24, 2.45) is 0 Å². The lowest BCUT2D eigenvalue weighted by Gasteiger charge is -2.43. The number of hydroxylamine groups is 2. The number of piperidine rings is 1. The molecule has 2 aromatic rings. The second-order valence-corrected chi connectivity index (χ2v) is 9.06. The minimum Gasteiger partial charge on any atom is -0.395 e. The van der Waals surface area contributed by atoms with Crippen LogP contribution in [0.15, 0.2) is 42.5 Å². The van der Waals surface area contributed by atoms with Crippen molar-refractivity contribution in [2.75, 3.05) is 31.6 Å². The number of likely N-dealkylation sites (tertiary alicyclic amines) is 1. The van der Waals surface area contributed by atoms with E-state index in [1.54, 1.807) is 22.1 Å². The predicted octanol–water partition coefficient (Wildman–Crippen LogP) is 0.603. The van der Waals surface area contributed by atoms with Crippen LogP contribution in [0.3, 0.4) is 0 Å². The summed E-state index contributed by atoms with van der Waals surface area (Å²) in [5, 5.41) is 56.4. The van der Waals surface area contributed by atoms with Gasteiger partial charge in [0.25, 0.3) is 5.69 Å². The Bertz CT molecular complexity index is 1020. The van der Waals surface area contributed by atoms with Gasteiger partial charge in [0.2, 0.25) is 0 Å². The maximum absolute atomic E-state index is 11.7. The van der Waals surface area contributed by atoms with Crippen LogP contribution in [-0.4, -0.2) is 86.0 Å². The summed E-state index contributed by atoms with van der Waals surface area (Å²) >= 11 is 0. The molecular weight excluding hydrogens is 456 g/mol. The van der Waals surface area contributed by atoms with Crippen molar-refractivity contribution < 1.29 is 30.2 Å². The molecule has 0 unspecified atom stereocenters. The van der Waals surface area contributed by atoms with Crippen LogP contribution in [-0.2, 0) is 24.5 Å². The molecule has 0 aromatic heterocycles. The summed E-state index contributed by atoms with van der Waals surface area (Å²) in [5.41, 5.74) is 3.00. The fourth-order valence-corrected chi connectivity index (χ4v) is 4.63. The van der Waals surface area contributed by atoms with E-state index in [4.69, 9.17) is 4.84 Å². The van der Waals surface area contributed by atoms with Gasteiger partial charge in [-0.1, -0.05) is 30.3 Å². The fraction of sp³-hybridized carbons (Fsp3) is 0.500. The zero-order valence-electron chi connectivity index (χ0n) is 19.4. The van der Waals surface area contributed by atoms with E-state index in [-0.39, 0.29) is 18.8 Å². The number of β-amino-alcohol motifs (C(OH)–C–C–N with tert-alkyl or cyclic N) is 1. The first-order chi connectivity index (χ1) is 16.9. The Morgan fingerprint density at radius 2 is 1.83 bits per heavy atom. The Hall–Kier alpha value is -2.64. The van der Waals surface area contributed by atoms with Crippen molar-refractivity contribution in [3.8, 4) is 0 Å². The summed E-state index contributed by atoms with van der Waals surface area (Å²) in [6.45, 7) is 2.45. The van der Waals surface area contributed by atoms with Crippen LogP contribution in [0.2, 0.25) is 0 Å². The molecule has 0 saturated carbocycles. The Balaban J connectivity index is 1.42. The second-order valence-electron chi connectivity index (χ2n) is 9.06. The number of hydrogen-bond acceptors (Lipinski definition) is 10. The van der Waals surface area contributed by atoms with E-state index < -0.39 is 29.3 Å². The van der Waals surface area contributed by atoms with E-state index >= 15 is 0 Å². The minimum atomic E-state index is -1.30. The second kappa shape index (κ2) is 11.4. The van der Waals surface area contributed by atoms with Gasteiger partial charge in [0, 0.05) is 38.8 Å². The summed E-state index contributed by atoms with van der Waals surface area (Å²) < 4.78 is 0. The van der Waals surface area contributed by atoms with Gasteiger partial charge < -0.3 is 25.7 Å². The smallest absolute Gasteiger partial charge is 0.292 e. The van der Waals surface area contributed by atoms with Crippen LogP contribution >= 0.6 is 0 Å². The lowest BCUT2D eigenvalue weighted by molar-refractivity contribution is -0.384. The first kappa shape index (κ1) is 25.5. The van der Waals surface area contributed by atoms with Crippen molar-refractivity contribution in [3.05, 3.63) is 69.3 Å². The molecule has 5 N–H and O–H groups in total. The molecule has 0 bridgehead atoms. The molecule has 35 heavy (non-hydrogen) atoms. The van der Waals surface area contributed by atoms with Crippen molar-refractivity contribution in [1.82, 2.24) is 9.96 Å². The van der Waals surface area contributed by atoms with Gasteiger partial charge in [-0.05, 0) is 29.2 Å². The van der Waals surface area contributed by atoms with Gasteiger partial charge in [0.1, 0.15) is 17.9 Å². The standard InChI is InChI=1S/C24H32N4O7/c29-15-21-23(31)24(32)22(30)14-26(21)12-17-4-1-3-16(9-17)11-25-19-6-5-18(10-20(19)28(33)34)13-27-7-2-8-35-27/h1,3-6,9-10,21-25,29-32H,2,7-8,11-15H2/t21-,22+,23-,24-/m1/s1. The molecule has 4 atom stereocenters. The first-order valence-corrected chi connectivity index (χ1v) is 11.7. The lowest BCUT2D eigenvalue weighted by atomic mass is 9.93. The van der Waals surface area contributed by atoms with Gasteiger partial charge in [0.05, 0.1) is 30.3 Å². The molecule has 2 aliphatic heterocycles. The molecule has 190 valence electrons. The lowest BCUT2D eigenvalue weighted by Crippen LogP contribution is -2.62. The van der Waals surface area contributed by atoms with Gasteiger partial charge in [-0.3, -0.25) is 19.9 Å². The van der Waals surface area contributed by atoms with Crippen LogP contribution in [0.4, 0.5) is 11.4 Å². The number of nitrogens with zero attached hydrogens (tertiary/aromatic N) is 3. The molecule has 0 spiro atoms. The van der Waals surface area contributed by atoms with E-state index in [0.29, 0.717) is 31.9 Å². The van der Waals surface area contributed by atoms with Gasteiger partial charge in [0.15, 0.2) is 0 Å². The van der Waals surface area contributed by atoms with Crippen molar-refractivity contribution in [3.63, 3.8) is 0 Å². The van der Waals surface area contributed by atoms with Crippen LogP contribution in [0, 0.1) is 10.1 Å². The molecule has 11 heteroatoms. The summed E-state index contributed by atoms with van der Waals surface area (Å²) in [7, 11) is 0. The SMILES string of the molecule is O=[N+]([O-])c1cc(CN2CCCO2)ccc1NCc1cccc(CN2C[C@H](O)[C@@H](O)[C@H](O)[C@H]2CO)c1. The zero-order chi connectivity index (χ0) is 24.9. The number of aliphatic hydroxyl groups excluding tert-OH is 4. The summed E-state index contributed by atoms with van der Waals surface area (Å²) in [6.07, 6.45) is -2.72. The Labute approximate surface area is 203 Å². The summed E-state index contributed by atoms with van der Waals surface area (Å²) in [4.78, 5) is 18.5. The molecular formula is C24H32N4O7. The normalized spacial score (nSPS) is 25.6. The van der Waals surface area contributed by atoms with E-state index in [1.807, 2.05) is 30.3 Å². The molecule has 11 nitrogen and oxygen atoms in total. The predicted molar refractivity (Wildman–Crippen MR) is 127 cm³/mol. The first-order valence-electron chi connectivity index (χ1n) is 11.7. The van der Waals surface area contributed by atoms with Crippen LogP contribution in [0.25, 0.3) is 0 Å². The quantitative estimate of drug-likeness (QED) is 0.251. The van der Waals surface area contributed by atoms with E-state index in [1.165, 1.54) is 0 Å². The highest BCUT2D eigenvalue weighted by molar-refractivity contribution is 5.62. The number of rotatable bonds is 9. The van der Waals surface area contributed by atoms with E-state index in [0.717, 1.165) is 29.7 Å². The molecule has 2 aliphatic rings. The number of hydrogen-bond donors (Lipinski definition) is 5. The molecule has 0 radical (unpaired) electrons. The van der Waals surface area contributed by atoms with Crippen molar-refractivity contribution in [2.45, 2.75) is 50.4 Å². The third kappa shape index (κ3) is 6.14. The Morgan fingerprint density at radius 1 is 1.06 bits per heavy atom. The van der Waals surface area contributed by atoms with Gasteiger partial charge in [-0.25, -0.2) is 0 Å². The van der Waals surface area contributed by atoms with Crippen LogP contribution in [0.5, 0.6) is 0 Å². The maximum atomic E-state index is 11.7. The third-order valence-electron chi connectivity index (χ3n) is 6.52. The van der Waals surface area contributed by atoms with E-state index in [2.05, 4.69) is 5.32 Å². The number of nitro groups is 1. The average molecular weight is 489 g/mol. The molecule has 2 fully saturated rings. The molecule has 0 aliphatic carbocycles. The minimum absolute atomic E-state index is 0.00140. The highest BCUT2D eigenvalue weighted by Crippen LogP contribution is 2.28. The number of anilines is 1. The third-order valence-corrected chi connectivity index (χ3v) is 6.52. The van der Waals surface area contributed by atoms with E-state index in [9.17, 15) is 30.5 Å². The topological polar surface area (TPSA) is 152 Å². The highest BCUT2D eigenvalue weighted by atomic mass is 16.7. The summed E-state index contributed by atoms with van der Waals surface area (Å²) in [5.74, 6) is 0. The van der Waals surface area contributed by atoms with Crippen LogP contribution < -0.4 is 5.32 Å². The zero-order valence-corrected chi connectivity index (χ0v) is 19.4. The van der Waals surface area contributed by atoms with Gasteiger partial charge in [-0.15, -0.1) is 0 Å². The molecule has 4 rings (SSSR count). The van der Waals surface area contributed by atoms with Gasteiger partial charge in [-0.2, -0.15) is 5.06 Å². The Morgan fingerprint density at radius 3 is 2.54 bits per heavy atom.